The molecule has 0 aromatic heterocycles. The third kappa shape index (κ3) is 5.14. The van der Waals surface area contributed by atoms with E-state index in [0.717, 1.165) is 11.3 Å². The van der Waals surface area contributed by atoms with Crippen LogP contribution in [-0.4, -0.2) is 25.5 Å². The Balaban J connectivity index is 1.79. The minimum atomic E-state index is -0.275. The summed E-state index contributed by atoms with van der Waals surface area (Å²) in [6.45, 7) is 2.03. The standard InChI is InChI=1S/C18H20N2O3/c1-13(21)15-6-8-16(9-7-15)20-18(22)19-11-10-14-4-3-5-17(12-14)23-2/h3-9,12H,10-11H2,1-2H3,(H2,19,20,22). The highest BCUT2D eigenvalue weighted by molar-refractivity contribution is 5.95. The van der Waals surface area contributed by atoms with Crippen LogP contribution in [-0.2, 0) is 6.42 Å². The highest BCUT2D eigenvalue weighted by atomic mass is 16.5. The first-order valence-electron chi connectivity index (χ1n) is 7.37. The van der Waals surface area contributed by atoms with Crippen molar-refractivity contribution in [2.75, 3.05) is 19.0 Å². The minimum Gasteiger partial charge on any atom is -0.497 e. The van der Waals surface area contributed by atoms with Crippen LogP contribution >= 0.6 is 0 Å². The molecule has 2 amide bonds. The van der Waals surface area contributed by atoms with Crippen LogP contribution in [0.15, 0.2) is 48.5 Å². The smallest absolute Gasteiger partial charge is 0.319 e. The maximum Gasteiger partial charge on any atom is 0.319 e. The normalized spacial score (nSPS) is 10.0. The number of ether oxygens (including phenoxy) is 1. The average molecular weight is 312 g/mol. The largest absolute Gasteiger partial charge is 0.497 e. The van der Waals surface area contributed by atoms with E-state index in [2.05, 4.69) is 10.6 Å². The van der Waals surface area contributed by atoms with Gasteiger partial charge in [-0.05, 0) is 55.3 Å². The van der Waals surface area contributed by atoms with Gasteiger partial charge in [0.15, 0.2) is 5.78 Å². The first-order chi connectivity index (χ1) is 11.1. The summed E-state index contributed by atoms with van der Waals surface area (Å²) in [5.74, 6) is 0.803. The maximum atomic E-state index is 11.8. The van der Waals surface area contributed by atoms with Gasteiger partial charge in [-0.2, -0.15) is 0 Å². The van der Waals surface area contributed by atoms with Crippen LogP contribution in [0.4, 0.5) is 10.5 Å². The molecule has 5 heteroatoms. The van der Waals surface area contributed by atoms with Crippen LogP contribution in [0, 0.1) is 0 Å². The lowest BCUT2D eigenvalue weighted by Gasteiger charge is -2.08. The van der Waals surface area contributed by atoms with E-state index in [-0.39, 0.29) is 11.8 Å². The number of hydrogen-bond acceptors (Lipinski definition) is 3. The summed E-state index contributed by atoms with van der Waals surface area (Å²) in [4.78, 5) is 23.0. The van der Waals surface area contributed by atoms with Crippen LogP contribution in [0.1, 0.15) is 22.8 Å². The maximum absolute atomic E-state index is 11.8. The van der Waals surface area contributed by atoms with Gasteiger partial charge in [-0.1, -0.05) is 12.1 Å². The van der Waals surface area contributed by atoms with Gasteiger partial charge in [0.25, 0.3) is 0 Å². The third-order valence-corrected chi connectivity index (χ3v) is 3.38. The summed E-state index contributed by atoms with van der Waals surface area (Å²) in [6, 6.07) is 14.3. The van der Waals surface area contributed by atoms with Crippen molar-refractivity contribution in [2.24, 2.45) is 0 Å². The molecular formula is C18H20N2O3. The highest BCUT2D eigenvalue weighted by Crippen LogP contribution is 2.13. The molecule has 2 aromatic carbocycles. The molecule has 0 fully saturated rings. The number of ketones is 1. The zero-order valence-corrected chi connectivity index (χ0v) is 13.3. The Kier molecular flexibility index (Phi) is 5.74. The summed E-state index contributed by atoms with van der Waals surface area (Å²) in [6.07, 6.45) is 0.716. The van der Waals surface area contributed by atoms with E-state index in [0.29, 0.717) is 24.2 Å². The van der Waals surface area contributed by atoms with E-state index in [1.807, 2.05) is 24.3 Å². The lowest BCUT2D eigenvalue weighted by Crippen LogP contribution is -2.30. The van der Waals surface area contributed by atoms with Crippen LogP contribution < -0.4 is 15.4 Å². The predicted molar refractivity (Wildman–Crippen MR) is 90.2 cm³/mol. The number of amides is 2. The Morgan fingerprint density at radius 2 is 1.83 bits per heavy atom. The Bertz CT molecular complexity index is 681. The van der Waals surface area contributed by atoms with Crippen LogP contribution in [0.3, 0.4) is 0 Å². The molecule has 23 heavy (non-hydrogen) atoms. The van der Waals surface area contributed by atoms with E-state index < -0.39 is 0 Å². The first kappa shape index (κ1) is 16.5. The highest BCUT2D eigenvalue weighted by Gasteiger charge is 2.03. The van der Waals surface area contributed by atoms with Gasteiger partial charge in [0.05, 0.1) is 7.11 Å². The zero-order valence-electron chi connectivity index (χ0n) is 13.3. The molecule has 0 radical (unpaired) electrons. The summed E-state index contributed by atoms with van der Waals surface area (Å²) < 4.78 is 5.16. The molecular weight excluding hydrogens is 292 g/mol. The van der Waals surface area contributed by atoms with Crippen molar-refractivity contribution in [1.82, 2.24) is 5.32 Å². The number of Topliss-reactive ketones (excluding diaryl/α,β-unsaturated/α-hetero) is 1. The lowest BCUT2D eigenvalue weighted by atomic mass is 10.1. The van der Waals surface area contributed by atoms with Crippen molar-refractivity contribution in [3.8, 4) is 5.75 Å². The van der Waals surface area contributed by atoms with Crippen LogP contribution in [0.5, 0.6) is 5.75 Å². The van der Waals surface area contributed by atoms with E-state index in [4.69, 9.17) is 4.74 Å². The molecule has 0 spiro atoms. The van der Waals surface area contributed by atoms with Crippen molar-refractivity contribution in [2.45, 2.75) is 13.3 Å². The molecule has 5 nitrogen and oxygen atoms in total. The number of methoxy groups -OCH3 is 1. The van der Waals surface area contributed by atoms with Crippen LogP contribution in [0.25, 0.3) is 0 Å². The summed E-state index contributed by atoms with van der Waals surface area (Å²) in [5.41, 5.74) is 2.36. The second kappa shape index (κ2) is 7.98. The van der Waals surface area contributed by atoms with Gasteiger partial charge in [-0.3, -0.25) is 4.79 Å². The molecule has 0 saturated carbocycles. The number of carbonyl (C=O) groups excluding carboxylic acids is 2. The topological polar surface area (TPSA) is 67.4 Å². The molecule has 0 aliphatic rings. The fourth-order valence-electron chi connectivity index (χ4n) is 2.11. The van der Waals surface area contributed by atoms with Crippen molar-refractivity contribution in [1.29, 1.82) is 0 Å². The molecule has 2 N–H and O–H groups in total. The van der Waals surface area contributed by atoms with Crippen LogP contribution in [0.2, 0.25) is 0 Å². The van der Waals surface area contributed by atoms with Gasteiger partial charge in [0.1, 0.15) is 5.75 Å². The monoisotopic (exact) mass is 312 g/mol. The number of anilines is 1. The Morgan fingerprint density at radius 1 is 1.09 bits per heavy atom. The predicted octanol–water partition coefficient (Wildman–Crippen LogP) is 3.26. The average Bonchev–Trinajstić information content (AvgIpc) is 2.55. The quantitative estimate of drug-likeness (QED) is 0.805. The zero-order chi connectivity index (χ0) is 16.7. The Labute approximate surface area is 135 Å². The lowest BCUT2D eigenvalue weighted by molar-refractivity contribution is 0.101. The van der Waals surface area contributed by atoms with Crippen molar-refractivity contribution < 1.29 is 14.3 Å². The van der Waals surface area contributed by atoms with Crippen molar-refractivity contribution in [3.63, 3.8) is 0 Å². The first-order valence-corrected chi connectivity index (χ1v) is 7.37. The van der Waals surface area contributed by atoms with E-state index in [1.54, 1.807) is 31.4 Å². The third-order valence-electron chi connectivity index (χ3n) is 3.38. The molecule has 2 aromatic rings. The van der Waals surface area contributed by atoms with Crippen molar-refractivity contribution in [3.05, 3.63) is 59.7 Å². The Hall–Kier alpha value is -2.82. The van der Waals surface area contributed by atoms with Gasteiger partial charge in [-0.15, -0.1) is 0 Å². The SMILES string of the molecule is COc1cccc(CCNC(=O)Nc2ccc(C(C)=O)cc2)c1. The summed E-state index contributed by atoms with van der Waals surface area (Å²) >= 11 is 0. The van der Waals surface area contributed by atoms with E-state index in [9.17, 15) is 9.59 Å². The number of benzene rings is 2. The molecule has 0 saturated heterocycles. The molecule has 0 aliphatic heterocycles. The van der Waals surface area contributed by atoms with Gasteiger partial charge in [-0.25, -0.2) is 4.79 Å². The number of hydrogen-bond donors (Lipinski definition) is 2. The van der Waals surface area contributed by atoms with E-state index in [1.165, 1.54) is 6.92 Å². The minimum absolute atomic E-state index is 0.000657. The van der Waals surface area contributed by atoms with Crippen molar-refractivity contribution >= 4 is 17.5 Å². The summed E-state index contributed by atoms with van der Waals surface area (Å²) in [5, 5.41) is 5.53. The molecule has 0 aliphatic carbocycles. The molecule has 0 atom stereocenters. The fraction of sp³-hybridized carbons (Fsp3) is 0.222. The van der Waals surface area contributed by atoms with Gasteiger partial charge in [0, 0.05) is 17.8 Å². The van der Waals surface area contributed by atoms with E-state index >= 15 is 0 Å². The number of rotatable bonds is 6. The molecule has 0 bridgehead atoms. The van der Waals surface area contributed by atoms with Gasteiger partial charge < -0.3 is 15.4 Å². The second-order valence-electron chi connectivity index (χ2n) is 5.12. The molecule has 0 heterocycles. The second-order valence-corrected chi connectivity index (χ2v) is 5.12. The van der Waals surface area contributed by atoms with Gasteiger partial charge in [0.2, 0.25) is 0 Å². The number of urea groups is 1. The molecule has 0 unspecified atom stereocenters. The molecule has 2 rings (SSSR count). The fourth-order valence-corrected chi connectivity index (χ4v) is 2.11. The number of carbonyl (C=O) groups is 2. The van der Waals surface area contributed by atoms with Gasteiger partial charge >= 0.3 is 6.03 Å². The Morgan fingerprint density at radius 3 is 2.48 bits per heavy atom. The summed E-state index contributed by atoms with van der Waals surface area (Å²) in [7, 11) is 1.63. The molecule has 120 valence electrons. The number of nitrogens with one attached hydrogen (secondary N) is 2.